The first-order chi connectivity index (χ1) is 9.58. The van der Waals surface area contributed by atoms with Gasteiger partial charge in [0.1, 0.15) is 11.5 Å². The summed E-state index contributed by atoms with van der Waals surface area (Å²) >= 11 is 0. The molecule has 3 rings (SSSR count). The van der Waals surface area contributed by atoms with E-state index >= 15 is 0 Å². The molecule has 1 unspecified atom stereocenters. The summed E-state index contributed by atoms with van der Waals surface area (Å²) in [6.07, 6.45) is 1.84. The lowest BCUT2D eigenvalue weighted by Crippen LogP contribution is -2.08. The van der Waals surface area contributed by atoms with E-state index in [4.69, 9.17) is 0 Å². The maximum Gasteiger partial charge on any atom is 0.123 e. The normalized spacial score (nSPS) is 17.0. The third-order valence-corrected chi connectivity index (χ3v) is 4.21. The van der Waals surface area contributed by atoms with Crippen molar-refractivity contribution in [3.63, 3.8) is 0 Å². The third-order valence-electron chi connectivity index (χ3n) is 4.21. The van der Waals surface area contributed by atoms with Crippen LogP contribution in [0.25, 0.3) is 0 Å². The van der Waals surface area contributed by atoms with Crippen LogP contribution in [0, 0.1) is 13.8 Å². The Morgan fingerprint density at radius 2 is 1.90 bits per heavy atom. The van der Waals surface area contributed by atoms with E-state index in [9.17, 15) is 10.2 Å². The van der Waals surface area contributed by atoms with Crippen LogP contribution >= 0.6 is 0 Å². The lowest BCUT2D eigenvalue weighted by molar-refractivity contribution is 0.467. The minimum atomic E-state index is 0.193. The van der Waals surface area contributed by atoms with Crippen LogP contribution in [0.3, 0.4) is 0 Å². The van der Waals surface area contributed by atoms with E-state index in [2.05, 4.69) is 11.4 Å². The van der Waals surface area contributed by atoms with Gasteiger partial charge in [0.2, 0.25) is 0 Å². The molecule has 0 spiro atoms. The number of aromatic hydroxyl groups is 2. The van der Waals surface area contributed by atoms with Crippen LogP contribution in [0.4, 0.5) is 5.69 Å². The van der Waals surface area contributed by atoms with Gasteiger partial charge in [0, 0.05) is 11.3 Å². The van der Waals surface area contributed by atoms with Crippen LogP contribution in [0.15, 0.2) is 30.3 Å². The second-order valence-corrected chi connectivity index (χ2v) is 5.48. The molecule has 1 aliphatic rings. The van der Waals surface area contributed by atoms with Crippen molar-refractivity contribution < 1.29 is 10.2 Å². The minimum absolute atomic E-state index is 0.193. The van der Waals surface area contributed by atoms with Crippen molar-refractivity contribution in [2.24, 2.45) is 0 Å². The number of anilines is 1. The van der Waals surface area contributed by atoms with Gasteiger partial charge in [-0.25, -0.2) is 0 Å². The first-order valence-corrected chi connectivity index (χ1v) is 6.94. The Bertz CT molecular complexity index is 664. The Hall–Kier alpha value is -2.16. The van der Waals surface area contributed by atoms with Gasteiger partial charge in [-0.15, -0.1) is 0 Å². The largest absolute Gasteiger partial charge is 0.508 e. The van der Waals surface area contributed by atoms with Crippen LogP contribution in [0.5, 0.6) is 11.5 Å². The van der Waals surface area contributed by atoms with E-state index in [1.807, 2.05) is 32.0 Å². The Morgan fingerprint density at radius 1 is 1.10 bits per heavy atom. The highest BCUT2D eigenvalue weighted by Gasteiger charge is 2.25. The highest BCUT2D eigenvalue weighted by molar-refractivity contribution is 5.61. The molecule has 0 amide bonds. The van der Waals surface area contributed by atoms with E-state index in [1.165, 1.54) is 0 Å². The van der Waals surface area contributed by atoms with Gasteiger partial charge in [0.15, 0.2) is 0 Å². The van der Waals surface area contributed by atoms with Crippen molar-refractivity contribution in [3.8, 4) is 11.5 Å². The number of rotatable bonds is 2. The van der Waals surface area contributed by atoms with Crippen molar-refractivity contribution in [2.45, 2.75) is 32.7 Å². The topological polar surface area (TPSA) is 52.5 Å². The van der Waals surface area contributed by atoms with Crippen molar-refractivity contribution in [2.75, 3.05) is 5.32 Å². The molecule has 0 bridgehead atoms. The van der Waals surface area contributed by atoms with E-state index < -0.39 is 0 Å². The Kier molecular flexibility index (Phi) is 3.05. The van der Waals surface area contributed by atoms with Gasteiger partial charge in [-0.1, -0.05) is 18.2 Å². The molecule has 0 aromatic heterocycles. The Balaban J connectivity index is 1.92. The number of fused-ring (bicyclic) bond motifs is 1. The maximum absolute atomic E-state index is 10.0. The van der Waals surface area contributed by atoms with Crippen LogP contribution < -0.4 is 5.32 Å². The van der Waals surface area contributed by atoms with Gasteiger partial charge in [-0.3, -0.25) is 0 Å². The summed E-state index contributed by atoms with van der Waals surface area (Å²) in [5, 5.41) is 23.4. The SMILES string of the molecule is Cc1ccc(NC2CCc3c(O)cccc32)c(C)c1O. The average Bonchev–Trinajstić information content (AvgIpc) is 2.84. The minimum Gasteiger partial charge on any atom is -0.508 e. The number of phenolic OH excluding ortho intramolecular Hbond substituents is 2. The molecule has 0 heterocycles. The van der Waals surface area contributed by atoms with Crippen molar-refractivity contribution in [1.29, 1.82) is 0 Å². The lowest BCUT2D eigenvalue weighted by Gasteiger charge is -2.18. The predicted molar refractivity (Wildman–Crippen MR) is 80.4 cm³/mol. The molecular weight excluding hydrogens is 250 g/mol. The molecule has 0 aliphatic heterocycles. The molecule has 2 aromatic carbocycles. The molecule has 3 N–H and O–H groups in total. The fraction of sp³-hybridized carbons (Fsp3) is 0.294. The summed E-state index contributed by atoms with van der Waals surface area (Å²) < 4.78 is 0. The third kappa shape index (κ3) is 1.99. The maximum atomic E-state index is 10.0. The van der Waals surface area contributed by atoms with E-state index in [0.717, 1.165) is 40.8 Å². The first kappa shape index (κ1) is 12.9. The zero-order valence-corrected chi connectivity index (χ0v) is 11.8. The smallest absolute Gasteiger partial charge is 0.123 e. The second-order valence-electron chi connectivity index (χ2n) is 5.48. The summed E-state index contributed by atoms with van der Waals surface area (Å²) in [4.78, 5) is 0. The molecule has 0 radical (unpaired) electrons. The van der Waals surface area contributed by atoms with Crippen molar-refractivity contribution in [1.82, 2.24) is 0 Å². The number of hydrogen-bond donors (Lipinski definition) is 3. The van der Waals surface area contributed by atoms with Crippen LogP contribution in [-0.4, -0.2) is 10.2 Å². The number of aryl methyl sites for hydroxylation is 1. The number of benzene rings is 2. The molecule has 3 heteroatoms. The van der Waals surface area contributed by atoms with Gasteiger partial charge in [0.25, 0.3) is 0 Å². The van der Waals surface area contributed by atoms with Crippen LogP contribution in [0.1, 0.15) is 34.7 Å². The zero-order valence-electron chi connectivity index (χ0n) is 11.8. The fourth-order valence-electron chi connectivity index (χ4n) is 2.96. The molecule has 1 aliphatic carbocycles. The summed E-state index contributed by atoms with van der Waals surface area (Å²) in [6, 6.07) is 9.80. The summed E-state index contributed by atoms with van der Waals surface area (Å²) in [5.74, 6) is 0.736. The highest BCUT2D eigenvalue weighted by atomic mass is 16.3. The second kappa shape index (κ2) is 4.75. The standard InChI is InChI=1S/C17H19NO2/c1-10-6-8-14(11(2)17(10)20)18-15-9-7-13-12(15)4-3-5-16(13)19/h3-6,8,15,18-20H,7,9H2,1-2H3. The van der Waals surface area contributed by atoms with E-state index in [0.29, 0.717) is 11.5 Å². The van der Waals surface area contributed by atoms with E-state index in [1.54, 1.807) is 6.07 Å². The van der Waals surface area contributed by atoms with Gasteiger partial charge in [0.05, 0.1) is 6.04 Å². The van der Waals surface area contributed by atoms with Gasteiger partial charge in [-0.05, 0) is 55.5 Å². The monoisotopic (exact) mass is 269 g/mol. The summed E-state index contributed by atoms with van der Waals surface area (Å²) in [5.41, 5.74) is 4.91. The molecule has 2 aromatic rings. The molecule has 20 heavy (non-hydrogen) atoms. The molecular formula is C17H19NO2. The Morgan fingerprint density at radius 3 is 2.70 bits per heavy atom. The summed E-state index contributed by atoms with van der Waals surface area (Å²) in [6.45, 7) is 3.82. The lowest BCUT2D eigenvalue weighted by atomic mass is 10.0. The molecule has 1 atom stereocenters. The predicted octanol–water partition coefficient (Wildman–Crippen LogP) is 3.81. The van der Waals surface area contributed by atoms with Crippen LogP contribution in [-0.2, 0) is 6.42 Å². The highest BCUT2D eigenvalue weighted by Crippen LogP contribution is 2.39. The molecule has 3 nitrogen and oxygen atoms in total. The van der Waals surface area contributed by atoms with Gasteiger partial charge < -0.3 is 15.5 Å². The molecule has 104 valence electrons. The first-order valence-electron chi connectivity index (χ1n) is 6.94. The number of phenols is 2. The number of nitrogens with one attached hydrogen (secondary N) is 1. The van der Waals surface area contributed by atoms with Crippen molar-refractivity contribution in [3.05, 3.63) is 52.6 Å². The summed E-state index contributed by atoms with van der Waals surface area (Å²) in [7, 11) is 0. The van der Waals surface area contributed by atoms with Gasteiger partial charge in [-0.2, -0.15) is 0 Å². The number of hydrogen-bond acceptors (Lipinski definition) is 3. The van der Waals surface area contributed by atoms with Crippen LogP contribution in [0.2, 0.25) is 0 Å². The zero-order chi connectivity index (χ0) is 14.3. The average molecular weight is 269 g/mol. The fourth-order valence-corrected chi connectivity index (χ4v) is 2.96. The van der Waals surface area contributed by atoms with Crippen molar-refractivity contribution >= 4 is 5.69 Å². The molecule has 0 fully saturated rings. The quantitative estimate of drug-likeness (QED) is 0.777. The Labute approximate surface area is 118 Å². The molecule has 0 saturated heterocycles. The van der Waals surface area contributed by atoms with E-state index in [-0.39, 0.29) is 6.04 Å². The van der Waals surface area contributed by atoms with Gasteiger partial charge >= 0.3 is 0 Å². The molecule has 0 saturated carbocycles.